The average Bonchev–Trinajstić information content (AvgIpc) is 3.34. The number of nitrogens with zero attached hydrogens (tertiary/aromatic N) is 1. The molecule has 156 valence electrons. The maximum absolute atomic E-state index is 13.1. The Balaban J connectivity index is 1.65. The Kier molecular flexibility index (Phi) is 5.08. The molecule has 1 aliphatic rings. The van der Waals surface area contributed by atoms with Gasteiger partial charge in [-0.3, -0.25) is 9.59 Å². The van der Waals surface area contributed by atoms with Crippen LogP contribution < -0.4 is 11.1 Å². The number of aryl methyl sites for hydroxylation is 1. The van der Waals surface area contributed by atoms with E-state index < -0.39 is 27.9 Å². The molecule has 3 aromatic rings. The second-order valence-electron chi connectivity index (χ2n) is 7.24. The molecule has 4 rings (SSSR count). The van der Waals surface area contributed by atoms with Gasteiger partial charge in [-0.25, -0.2) is 8.42 Å². The molecule has 1 atom stereocenters. The summed E-state index contributed by atoms with van der Waals surface area (Å²) >= 11 is 0. The van der Waals surface area contributed by atoms with Crippen molar-refractivity contribution in [2.45, 2.75) is 30.7 Å². The van der Waals surface area contributed by atoms with Crippen LogP contribution in [0.1, 0.15) is 29.0 Å². The third-order valence-electron chi connectivity index (χ3n) is 5.20. The molecule has 3 N–H and O–H groups in total. The van der Waals surface area contributed by atoms with Gasteiger partial charge in [-0.1, -0.05) is 29.8 Å². The van der Waals surface area contributed by atoms with Gasteiger partial charge in [0.25, 0.3) is 5.91 Å². The molecule has 30 heavy (non-hydrogen) atoms. The molecule has 1 aromatic heterocycles. The number of nitrogens with one attached hydrogen (secondary N) is 1. The van der Waals surface area contributed by atoms with Gasteiger partial charge in [-0.2, -0.15) is 4.31 Å². The Morgan fingerprint density at radius 2 is 1.83 bits per heavy atom. The molecule has 2 aromatic carbocycles. The summed E-state index contributed by atoms with van der Waals surface area (Å²) in [4.78, 5) is 25.0. The summed E-state index contributed by atoms with van der Waals surface area (Å²) in [6.45, 7) is 2.11. The van der Waals surface area contributed by atoms with Crippen molar-refractivity contribution in [3.8, 4) is 0 Å². The van der Waals surface area contributed by atoms with Crippen molar-refractivity contribution in [1.29, 1.82) is 0 Å². The second-order valence-corrected chi connectivity index (χ2v) is 9.13. The molecule has 1 saturated heterocycles. The third kappa shape index (κ3) is 3.46. The first kappa shape index (κ1) is 20.1. The van der Waals surface area contributed by atoms with Crippen LogP contribution in [0.4, 0.5) is 5.69 Å². The van der Waals surface area contributed by atoms with E-state index in [0.717, 1.165) is 5.56 Å². The molecule has 0 saturated carbocycles. The first-order valence-corrected chi connectivity index (χ1v) is 10.9. The van der Waals surface area contributed by atoms with Gasteiger partial charge in [0.2, 0.25) is 21.7 Å². The van der Waals surface area contributed by atoms with Crippen LogP contribution in [0, 0.1) is 6.92 Å². The van der Waals surface area contributed by atoms with E-state index in [4.69, 9.17) is 10.2 Å². The Labute approximate surface area is 173 Å². The summed E-state index contributed by atoms with van der Waals surface area (Å²) in [6.07, 6.45) is 0.927. The molecule has 0 bridgehead atoms. The van der Waals surface area contributed by atoms with Gasteiger partial charge >= 0.3 is 0 Å². The number of fused-ring (bicyclic) bond motifs is 1. The van der Waals surface area contributed by atoms with Crippen molar-refractivity contribution in [3.05, 3.63) is 59.9 Å². The van der Waals surface area contributed by atoms with Gasteiger partial charge in [0, 0.05) is 11.9 Å². The number of benzene rings is 2. The fourth-order valence-corrected chi connectivity index (χ4v) is 5.34. The highest BCUT2D eigenvalue weighted by Gasteiger charge is 2.40. The smallest absolute Gasteiger partial charge is 0.286 e. The van der Waals surface area contributed by atoms with Crippen LogP contribution in [-0.4, -0.2) is 37.1 Å². The molecule has 0 aliphatic carbocycles. The highest BCUT2D eigenvalue weighted by molar-refractivity contribution is 7.89. The lowest BCUT2D eigenvalue weighted by Crippen LogP contribution is -2.43. The van der Waals surface area contributed by atoms with Crippen LogP contribution >= 0.6 is 0 Å². The number of carbonyl (C=O) groups is 2. The predicted octanol–water partition coefficient (Wildman–Crippen LogP) is 2.63. The third-order valence-corrected chi connectivity index (χ3v) is 7.12. The van der Waals surface area contributed by atoms with E-state index in [2.05, 4.69) is 5.32 Å². The molecule has 0 spiro atoms. The molecule has 0 radical (unpaired) electrons. The maximum Gasteiger partial charge on any atom is 0.286 e. The van der Waals surface area contributed by atoms with Crippen molar-refractivity contribution in [3.63, 3.8) is 0 Å². The van der Waals surface area contributed by atoms with Crippen LogP contribution in [-0.2, 0) is 14.8 Å². The fourth-order valence-electron chi connectivity index (χ4n) is 3.69. The zero-order valence-electron chi connectivity index (χ0n) is 16.3. The number of para-hydroxylation sites is 1. The largest absolute Gasteiger partial charge is 0.449 e. The van der Waals surface area contributed by atoms with E-state index in [0.29, 0.717) is 23.8 Å². The topological polar surface area (TPSA) is 123 Å². The summed E-state index contributed by atoms with van der Waals surface area (Å²) in [5.74, 6) is -1.52. The van der Waals surface area contributed by atoms with Crippen LogP contribution in [0.2, 0.25) is 0 Å². The molecule has 2 amide bonds. The zero-order chi connectivity index (χ0) is 21.5. The number of carbonyl (C=O) groups excluding carboxylic acids is 2. The highest BCUT2D eigenvalue weighted by Crippen LogP contribution is 2.32. The van der Waals surface area contributed by atoms with Gasteiger partial charge in [0.1, 0.15) is 17.3 Å². The molecule has 1 fully saturated rings. The molecular weight excluding hydrogens is 406 g/mol. The predicted molar refractivity (Wildman–Crippen MR) is 111 cm³/mol. The number of hydrogen-bond donors (Lipinski definition) is 2. The lowest BCUT2D eigenvalue weighted by Gasteiger charge is -2.23. The summed E-state index contributed by atoms with van der Waals surface area (Å²) in [5.41, 5.74) is 6.90. The minimum atomic E-state index is -3.84. The molecule has 9 heteroatoms. The number of amides is 2. The quantitative estimate of drug-likeness (QED) is 0.648. The minimum absolute atomic E-state index is 0.138. The number of hydrogen-bond acceptors (Lipinski definition) is 5. The van der Waals surface area contributed by atoms with Gasteiger partial charge in [0.05, 0.1) is 4.90 Å². The van der Waals surface area contributed by atoms with E-state index in [9.17, 15) is 18.0 Å². The Morgan fingerprint density at radius 1 is 1.13 bits per heavy atom. The Hall–Kier alpha value is -3.17. The standard InChI is InChI=1S/C21H21N3O5S/c1-13-8-10-14(11-9-13)30(27,28)24-12-4-6-16(24)21(26)23-18-15-5-2-3-7-17(15)29-19(18)20(22)25/h2-3,5,7-11,16H,4,6,12H2,1H3,(H2,22,25)(H,23,26)/t16-/m0/s1. The summed E-state index contributed by atoms with van der Waals surface area (Å²) in [6, 6.07) is 12.4. The number of primary amides is 1. The average molecular weight is 427 g/mol. The Bertz CT molecular complexity index is 1230. The first-order valence-electron chi connectivity index (χ1n) is 9.50. The van der Waals surface area contributed by atoms with Crippen LogP contribution in [0.25, 0.3) is 11.0 Å². The molecule has 0 unspecified atom stereocenters. The lowest BCUT2D eigenvalue weighted by atomic mass is 10.2. The Morgan fingerprint density at radius 3 is 2.53 bits per heavy atom. The van der Waals surface area contributed by atoms with E-state index in [1.165, 1.54) is 16.4 Å². The summed E-state index contributed by atoms with van der Waals surface area (Å²) in [7, 11) is -3.84. The number of furan rings is 1. The number of nitrogens with two attached hydrogens (primary N) is 1. The van der Waals surface area contributed by atoms with Crippen LogP contribution in [0.5, 0.6) is 0 Å². The zero-order valence-corrected chi connectivity index (χ0v) is 17.1. The maximum atomic E-state index is 13.1. The number of anilines is 1. The molecule has 8 nitrogen and oxygen atoms in total. The van der Waals surface area contributed by atoms with Gasteiger partial charge in [-0.05, 0) is 44.0 Å². The lowest BCUT2D eigenvalue weighted by molar-refractivity contribution is -0.119. The van der Waals surface area contributed by atoms with E-state index in [-0.39, 0.29) is 22.9 Å². The van der Waals surface area contributed by atoms with Gasteiger partial charge in [0.15, 0.2) is 0 Å². The first-order chi connectivity index (χ1) is 14.3. The number of sulfonamides is 1. The summed E-state index contributed by atoms with van der Waals surface area (Å²) in [5, 5.41) is 3.20. The van der Waals surface area contributed by atoms with Gasteiger partial charge in [-0.15, -0.1) is 0 Å². The monoisotopic (exact) mass is 427 g/mol. The van der Waals surface area contributed by atoms with Crippen molar-refractivity contribution in [2.24, 2.45) is 5.73 Å². The molecular formula is C21H21N3O5S. The van der Waals surface area contributed by atoms with Gasteiger partial charge < -0.3 is 15.5 Å². The van der Waals surface area contributed by atoms with Crippen LogP contribution in [0.15, 0.2) is 57.8 Å². The molecule has 1 aliphatic heterocycles. The van der Waals surface area contributed by atoms with Crippen molar-refractivity contribution < 1.29 is 22.4 Å². The van der Waals surface area contributed by atoms with Crippen molar-refractivity contribution >= 4 is 38.5 Å². The normalized spacial score (nSPS) is 17.3. The van der Waals surface area contributed by atoms with Crippen LogP contribution in [0.3, 0.4) is 0 Å². The van der Waals surface area contributed by atoms with E-state index >= 15 is 0 Å². The highest BCUT2D eigenvalue weighted by atomic mass is 32.2. The van der Waals surface area contributed by atoms with Crippen molar-refractivity contribution in [2.75, 3.05) is 11.9 Å². The SMILES string of the molecule is Cc1ccc(S(=O)(=O)N2CCC[C@H]2C(=O)Nc2c(C(N)=O)oc3ccccc23)cc1. The summed E-state index contributed by atoms with van der Waals surface area (Å²) < 4.78 is 32.9. The second kappa shape index (κ2) is 7.58. The number of rotatable bonds is 5. The van der Waals surface area contributed by atoms with Crippen molar-refractivity contribution in [1.82, 2.24) is 4.31 Å². The van der Waals surface area contributed by atoms with E-state index in [1.807, 2.05) is 6.92 Å². The minimum Gasteiger partial charge on any atom is -0.449 e. The molecule has 2 heterocycles. The fraction of sp³-hybridized carbons (Fsp3) is 0.238. The van der Waals surface area contributed by atoms with E-state index in [1.54, 1.807) is 36.4 Å².